The monoisotopic (exact) mass is 485 g/mol. The van der Waals surface area contributed by atoms with Crippen molar-refractivity contribution in [1.82, 2.24) is 5.32 Å². The van der Waals surface area contributed by atoms with Crippen LogP contribution in [0.5, 0.6) is 11.5 Å². The van der Waals surface area contributed by atoms with Gasteiger partial charge in [0, 0.05) is 24.1 Å². The number of fused-ring (bicyclic) bond motifs is 1. The van der Waals surface area contributed by atoms with E-state index in [9.17, 15) is 14.3 Å². The summed E-state index contributed by atoms with van der Waals surface area (Å²) >= 11 is 0. The Morgan fingerprint density at radius 1 is 1.21 bits per heavy atom. The number of benzene rings is 3. The molecule has 3 aromatic carbocycles. The summed E-state index contributed by atoms with van der Waals surface area (Å²) in [5.41, 5.74) is 4.02. The number of nitrogens with one attached hydrogen (secondary N) is 1. The van der Waals surface area contributed by atoms with E-state index in [2.05, 4.69) is 5.32 Å². The molecule has 0 amide bonds. The number of methoxy groups -OCH3 is 1. The van der Waals surface area contributed by atoms with Crippen molar-refractivity contribution >= 4 is 18.4 Å². The second-order valence-corrected chi connectivity index (χ2v) is 8.47. The number of carboxylic acid groups (broad SMARTS) is 1. The number of aromatic carboxylic acids is 1. The topological polar surface area (TPSA) is 67.8 Å². The van der Waals surface area contributed by atoms with Gasteiger partial charge in [-0.05, 0) is 61.2 Å². The third-order valence-corrected chi connectivity index (χ3v) is 6.31. The number of para-hydroxylation sites is 1. The lowest BCUT2D eigenvalue weighted by Gasteiger charge is -2.33. The number of hydrogen-bond donors (Lipinski definition) is 2. The largest absolute Gasteiger partial charge is 0.494 e. The van der Waals surface area contributed by atoms with Crippen LogP contribution in [-0.4, -0.2) is 30.8 Å². The predicted octanol–water partition coefficient (Wildman–Crippen LogP) is 5.90. The van der Waals surface area contributed by atoms with E-state index in [1.165, 1.54) is 13.2 Å². The Labute approximate surface area is 205 Å². The lowest BCUT2D eigenvalue weighted by atomic mass is 9.83. The van der Waals surface area contributed by atoms with E-state index < -0.39 is 5.97 Å². The molecule has 4 rings (SSSR count). The molecule has 0 bridgehead atoms. The van der Waals surface area contributed by atoms with Crippen molar-refractivity contribution in [2.45, 2.75) is 38.3 Å². The summed E-state index contributed by atoms with van der Waals surface area (Å²) in [5, 5.41) is 13.1. The second kappa shape index (κ2) is 10.9. The lowest BCUT2D eigenvalue weighted by molar-refractivity contribution is 0.0696. The van der Waals surface area contributed by atoms with Gasteiger partial charge in [0.25, 0.3) is 0 Å². The van der Waals surface area contributed by atoms with Gasteiger partial charge >= 0.3 is 5.97 Å². The van der Waals surface area contributed by atoms with Crippen LogP contribution in [0.25, 0.3) is 0 Å². The zero-order valence-electron chi connectivity index (χ0n) is 19.4. The van der Waals surface area contributed by atoms with Gasteiger partial charge in [0.15, 0.2) is 11.6 Å². The second-order valence-electron chi connectivity index (χ2n) is 8.47. The Bertz CT molecular complexity index is 1170. The number of halogens is 2. The van der Waals surface area contributed by atoms with E-state index in [0.717, 1.165) is 28.0 Å². The Morgan fingerprint density at radius 2 is 1.97 bits per heavy atom. The molecule has 7 heteroatoms. The summed E-state index contributed by atoms with van der Waals surface area (Å²) in [6.45, 7) is 4.41. The molecule has 3 atom stereocenters. The third-order valence-electron chi connectivity index (χ3n) is 6.31. The summed E-state index contributed by atoms with van der Waals surface area (Å²) in [6.07, 6.45) is 0.607. The molecular formula is C27H29ClFNO4. The summed E-state index contributed by atoms with van der Waals surface area (Å²) in [5.74, 6) is -0.243. The molecule has 34 heavy (non-hydrogen) atoms. The number of carboxylic acids is 1. The van der Waals surface area contributed by atoms with Gasteiger partial charge in [0.2, 0.25) is 0 Å². The zero-order valence-corrected chi connectivity index (χ0v) is 20.2. The van der Waals surface area contributed by atoms with E-state index in [1.807, 2.05) is 50.2 Å². The SMILES string of the molecule is COc1cc([C@@H](C)NC[C@H]2C[C@@H](c3ccc(C)c(C(=O)O)c3)c3ccccc3O2)ccc1F.Cl. The maximum absolute atomic E-state index is 13.8. The fourth-order valence-corrected chi connectivity index (χ4v) is 4.39. The Morgan fingerprint density at radius 3 is 2.71 bits per heavy atom. The minimum Gasteiger partial charge on any atom is -0.494 e. The number of rotatable bonds is 7. The van der Waals surface area contributed by atoms with Gasteiger partial charge in [-0.15, -0.1) is 12.4 Å². The van der Waals surface area contributed by atoms with E-state index in [0.29, 0.717) is 18.5 Å². The first kappa shape index (κ1) is 25.5. The van der Waals surface area contributed by atoms with Gasteiger partial charge in [0.05, 0.1) is 12.7 Å². The quantitative estimate of drug-likeness (QED) is 0.436. The van der Waals surface area contributed by atoms with Crippen LogP contribution in [0.2, 0.25) is 0 Å². The molecule has 5 nitrogen and oxygen atoms in total. The highest BCUT2D eigenvalue weighted by molar-refractivity contribution is 5.89. The Hall–Kier alpha value is -3.09. The number of hydrogen-bond acceptors (Lipinski definition) is 4. The van der Waals surface area contributed by atoms with Crippen LogP contribution in [-0.2, 0) is 0 Å². The molecule has 0 saturated heterocycles. The predicted molar refractivity (Wildman–Crippen MR) is 132 cm³/mol. The maximum atomic E-state index is 13.8. The smallest absolute Gasteiger partial charge is 0.335 e. The van der Waals surface area contributed by atoms with E-state index in [1.54, 1.807) is 18.2 Å². The van der Waals surface area contributed by atoms with Crippen molar-refractivity contribution in [3.63, 3.8) is 0 Å². The van der Waals surface area contributed by atoms with Crippen LogP contribution < -0.4 is 14.8 Å². The van der Waals surface area contributed by atoms with Gasteiger partial charge in [-0.3, -0.25) is 0 Å². The minimum absolute atomic E-state index is 0. The number of aryl methyl sites for hydroxylation is 1. The van der Waals surface area contributed by atoms with Crippen LogP contribution in [0.4, 0.5) is 4.39 Å². The van der Waals surface area contributed by atoms with Crippen molar-refractivity contribution in [3.05, 3.63) is 94.3 Å². The zero-order chi connectivity index (χ0) is 23.5. The Kier molecular flexibility index (Phi) is 8.18. The first-order valence-electron chi connectivity index (χ1n) is 11.0. The molecular weight excluding hydrogens is 457 g/mol. The molecule has 0 radical (unpaired) electrons. The van der Waals surface area contributed by atoms with Crippen molar-refractivity contribution in [2.75, 3.05) is 13.7 Å². The molecule has 0 aliphatic carbocycles. The molecule has 0 spiro atoms. The van der Waals surface area contributed by atoms with Crippen molar-refractivity contribution < 1.29 is 23.8 Å². The number of carbonyl (C=O) groups is 1. The minimum atomic E-state index is -0.920. The molecule has 0 unspecified atom stereocenters. The fraction of sp³-hybridized carbons (Fsp3) is 0.296. The van der Waals surface area contributed by atoms with Gasteiger partial charge in [0.1, 0.15) is 11.9 Å². The highest BCUT2D eigenvalue weighted by Crippen LogP contribution is 2.40. The van der Waals surface area contributed by atoms with Crippen molar-refractivity contribution in [1.29, 1.82) is 0 Å². The molecule has 180 valence electrons. The molecule has 0 fully saturated rings. The molecule has 1 heterocycles. The molecule has 1 aliphatic heterocycles. The average Bonchev–Trinajstić information content (AvgIpc) is 2.82. The van der Waals surface area contributed by atoms with Crippen molar-refractivity contribution in [3.8, 4) is 11.5 Å². The molecule has 0 saturated carbocycles. The lowest BCUT2D eigenvalue weighted by Crippen LogP contribution is -2.37. The third kappa shape index (κ3) is 5.34. The molecule has 1 aliphatic rings. The standard InChI is InChI=1S/C27H28FNO4.ClH/c1-16-8-9-19(12-22(16)27(30)31)23-14-20(33-25-7-5-4-6-21(23)25)15-29-17(2)18-10-11-24(28)26(13-18)32-3;/h4-13,17,20,23,29H,14-15H2,1-3H3,(H,30,31);1H/t17-,20-,23+;/m1./s1. The fourth-order valence-electron chi connectivity index (χ4n) is 4.39. The average molecular weight is 486 g/mol. The van der Waals surface area contributed by atoms with E-state index >= 15 is 0 Å². The van der Waals surface area contributed by atoms with Gasteiger partial charge in [-0.25, -0.2) is 9.18 Å². The number of ether oxygens (including phenoxy) is 2. The van der Waals surface area contributed by atoms with Crippen LogP contribution >= 0.6 is 12.4 Å². The summed E-state index contributed by atoms with van der Waals surface area (Å²) in [7, 11) is 1.45. The highest BCUT2D eigenvalue weighted by Gasteiger charge is 2.30. The van der Waals surface area contributed by atoms with Crippen LogP contribution in [0.3, 0.4) is 0 Å². The molecule has 3 aromatic rings. The van der Waals surface area contributed by atoms with Crippen LogP contribution in [0.15, 0.2) is 60.7 Å². The maximum Gasteiger partial charge on any atom is 0.335 e. The van der Waals surface area contributed by atoms with Gasteiger partial charge in [-0.1, -0.05) is 36.4 Å². The molecule has 2 N–H and O–H groups in total. The van der Waals surface area contributed by atoms with Crippen molar-refractivity contribution in [2.24, 2.45) is 0 Å². The normalized spacial score (nSPS) is 17.6. The van der Waals surface area contributed by atoms with Crippen LogP contribution in [0.1, 0.15) is 57.9 Å². The highest BCUT2D eigenvalue weighted by atomic mass is 35.5. The summed E-state index contributed by atoms with van der Waals surface area (Å²) in [6, 6.07) is 18.4. The summed E-state index contributed by atoms with van der Waals surface area (Å²) < 4.78 is 25.1. The Balaban J connectivity index is 0.00000324. The van der Waals surface area contributed by atoms with Gasteiger partial charge < -0.3 is 19.9 Å². The van der Waals surface area contributed by atoms with Gasteiger partial charge in [-0.2, -0.15) is 0 Å². The first-order valence-corrected chi connectivity index (χ1v) is 11.0. The van der Waals surface area contributed by atoms with Crippen LogP contribution in [0, 0.1) is 12.7 Å². The van der Waals surface area contributed by atoms with E-state index in [4.69, 9.17) is 9.47 Å². The molecule has 0 aromatic heterocycles. The van der Waals surface area contributed by atoms with E-state index in [-0.39, 0.29) is 42.0 Å². The summed E-state index contributed by atoms with van der Waals surface area (Å²) in [4.78, 5) is 11.7. The first-order chi connectivity index (χ1) is 15.9.